The lowest BCUT2D eigenvalue weighted by molar-refractivity contribution is 0.0310. The van der Waals surface area contributed by atoms with E-state index in [-0.39, 0.29) is 12.6 Å². The maximum absolute atomic E-state index is 11.7. The first-order chi connectivity index (χ1) is 8.65. The number of carbonyl (C=O) groups is 1. The molecule has 0 radical (unpaired) electrons. The van der Waals surface area contributed by atoms with Crippen LogP contribution in [0.3, 0.4) is 0 Å². The van der Waals surface area contributed by atoms with Crippen LogP contribution in [0.25, 0.3) is 0 Å². The summed E-state index contributed by atoms with van der Waals surface area (Å²) in [6.45, 7) is 3.52. The monoisotopic (exact) mass is 332 g/mol. The molecule has 1 aromatic carbocycles. The standard InChI is InChI=1S/C13H17BrO3S/c1-2-3-6-16-7-8-17-13(15)11-5-4-10(14)9-12(11)18/h4-5,9,18H,2-3,6-8H2,1H3. The van der Waals surface area contributed by atoms with E-state index in [1.54, 1.807) is 18.2 Å². The first-order valence-electron chi connectivity index (χ1n) is 5.88. The van der Waals surface area contributed by atoms with Gasteiger partial charge in [0.2, 0.25) is 0 Å². The Balaban J connectivity index is 2.32. The number of unbranched alkanes of at least 4 members (excludes halogenated alkanes) is 1. The summed E-state index contributed by atoms with van der Waals surface area (Å²) in [6, 6.07) is 5.23. The highest BCUT2D eigenvalue weighted by Crippen LogP contribution is 2.20. The highest BCUT2D eigenvalue weighted by molar-refractivity contribution is 9.10. The van der Waals surface area contributed by atoms with E-state index >= 15 is 0 Å². The fourth-order valence-electron chi connectivity index (χ4n) is 1.30. The number of thiol groups is 1. The Kier molecular flexibility index (Phi) is 7.39. The molecule has 100 valence electrons. The molecule has 0 heterocycles. The van der Waals surface area contributed by atoms with Gasteiger partial charge in [-0.3, -0.25) is 0 Å². The SMILES string of the molecule is CCCCOCCOC(=O)c1ccc(Br)cc1S. The van der Waals surface area contributed by atoms with Gasteiger partial charge in [-0.2, -0.15) is 0 Å². The summed E-state index contributed by atoms with van der Waals surface area (Å²) >= 11 is 7.55. The minimum atomic E-state index is -0.369. The minimum Gasteiger partial charge on any atom is -0.460 e. The zero-order valence-corrected chi connectivity index (χ0v) is 12.8. The molecule has 0 saturated heterocycles. The van der Waals surface area contributed by atoms with E-state index in [4.69, 9.17) is 9.47 Å². The van der Waals surface area contributed by atoms with Gasteiger partial charge < -0.3 is 9.47 Å². The fraction of sp³-hybridized carbons (Fsp3) is 0.462. The molecule has 0 aliphatic rings. The van der Waals surface area contributed by atoms with E-state index < -0.39 is 0 Å². The van der Waals surface area contributed by atoms with Gasteiger partial charge in [0.1, 0.15) is 6.61 Å². The summed E-state index contributed by atoms with van der Waals surface area (Å²) < 4.78 is 11.3. The third-order valence-electron chi connectivity index (χ3n) is 2.28. The Morgan fingerprint density at radius 1 is 1.33 bits per heavy atom. The summed E-state index contributed by atoms with van der Waals surface area (Å²) in [5, 5.41) is 0. The van der Waals surface area contributed by atoms with Crippen LogP contribution < -0.4 is 0 Å². The van der Waals surface area contributed by atoms with Crippen molar-refractivity contribution in [1.82, 2.24) is 0 Å². The highest BCUT2D eigenvalue weighted by Gasteiger charge is 2.10. The van der Waals surface area contributed by atoms with Crippen LogP contribution in [0.2, 0.25) is 0 Å². The average molecular weight is 333 g/mol. The molecule has 1 rings (SSSR count). The topological polar surface area (TPSA) is 35.5 Å². The molecule has 0 N–H and O–H groups in total. The van der Waals surface area contributed by atoms with Crippen molar-refractivity contribution in [1.29, 1.82) is 0 Å². The molecule has 0 saturated carbocycles. The summed E-state index contributed by atoms with van der Waals surface area (Å²) in [5.74, 6) is -0.369. The van der Waals surface area contributed by atoms with Crippen LogP contribution >= 0.6 is 28.6 Å². The zero-order valence-electron chi connectivity index (χ0n) is 10.3. The normalized spacial score (nSPS) is 10.4. The second kappa shape index (κ2) is 8.56. The van der Waals surface area contributed by atoms with Crippen molar-refractivity contribution < 1.29 is 14.3 Å². The quantitative estimate of drug-likeness (QED) is 0.469. The first kappa shape index (κ1) is 15.5. The maximum Gasteiger partial charge on any atom is 0.339 e. The van der Waals surface area contributed by atoms with Crippen LogP contribution in [-0.2, 0) is 9.47 Å². The first-order valence-corrected chi connectivity index (χ1v) is 7.12. The Bertz CT molecular complexity index is 396. The van der Waals surface area contributed by atoms with Gasteiger partial charge in [-0.15, -0.1) is 12.6 Å². The number of carbonyl (C=O) groups excluding carboxylic acids is 1. The third kappa shape index (κ3) is 5.42. The predicted molar refractivity (Wildman–Crippen MR) is 77.4 cm³/mol. The molecule has 0 aliphatic heterocycles. The Hall–Kier alpha value is -0.520. The number of hydrogen-bond acceptors (Lipinski definition) is 4. The van der Waals surface area contributed by atoms with Gasteiger partial charge in [-0.05, 0) is 24.6 Å². The van der Waals surface area contributed by atoms with Crippen molar-refractivity contribution in [2.75, 3.05) is 19.8 Å². The molecule has 18 heavy (non-hydrogen) atoms. The Morgan fingerprint density at radius 3 is 2.78 bits per heavy atom. The number of esters is 1. The fourth-order valence-corrected chi connectivity index (χ4v) is 2.14. The second-order valence-corrected chi connectivity index (χ2v) is 5.16. The largest absolute Gasteiger partial charge is 0.460 e. The second-order valence-electron chi connectivity index (χ2n) is 3.76. The molecular weight excluding hydrogens is 316 g/mol. The van der Waals surface area contributed by atoms with E-state index in [9.17, 15) is 4.79 Å². The smallest absolute Gasteiger partial charge is 0.339 e. The molecule has 0 atom stereocenters. The molecule has 0 aliphatic carbocycles. The molecule has 0 unspecified atom stereocenters. The van der Waals surface area contributed by atoms with Crippen molar-refractivity contribution in [3.63, 3.8) is 0 Å². The molecule has 0 bridgehead atoms. The molecule has 3 nitrogen and oxygen atoms in total. The van der Waals surface area contributed by atoms with Gasteiger partial charge in [-0.1, -0.05) is 29.3 Å². The van der Waals surface area contributed by atoms with Crippen LogP contribution in [-0.4, -0.2) is 25.8 Å². The van der Waals surface area contributed by atoms with Crippen molar-refractivity contribution in [2.24, 2.45) is 0 Å². The van der Waals surface area contributed by atoms with E-state index in [1.165, 1.54) is 0 Å². The molecule has 0 aromatic heterocycles. The lowest BCUT2D eigenvalue weighted by Gasteiger charge is -2.07. The van der Waals surface area contributed by atoms with Crippen molar-refractivity contribution in [3.05, 3.63) is 28.2 Å². The summed E-state index contributed by atoms with van der Waals surface area (Å²) in [7, 11) is 0. The van der Waals surface area contributed by atoms with Gasteiger partial charge in [0, 0.05) is 16.0 Å². The summed E-state index contributed by atoms with van der Waals surface area (Å²) in [4.78, 5) is 12.3. The van der Waals surface area contributed by atoms with Crippen molar-refractivity contribution in [3.8, 4) is 0 Å². The molecule has 1 aromatic rings. The van der Waals surface area contributed by atoms with Crippen LogP contribution in [0.4, 0.5) is 0 Å². The van der Waals surface area contributed by atoms with Crippen LogP contribution in [0.5, 0.6) is 0 Å². The van der Waals surface area contributed by atoms with Gasteiger partial charge >= 0.3 is 5.97 Å². The molecule has 0 fully saturated rings. The van der Waals surface area contributed by atoms with Gasteiger partial charge in [0.05, 0.1) is 12.2 Å². The lowest BCUT2D eigenvalue weighted by atomic mass is 10.2. The average Bonchev–Trinajstić information content (AvgIpc) is 2.33. The predicted octanol–water partition coefficient (Wildman–Crippen LogP) is 3.71. The number of hydrogen-bond donors (Lipinski definition) is 1. The third-order valence-corrected chi connectivity index (χ3v) is 3.15. The van der Waals surface area contributed by atoms with Crippen LogP contribution in [0.15, 0.2) is 27.6 Å². The Labute approximate surface area is 121 Å². The number of benzene rings is 1. The van der Waals surface area contributed by atoms with E-state index in [0.717, 1.165) is 17.3 Å². The van der Waals surface area contributed by atoms with Gasteiger partial charge in [0.15, 0.2) is 0 Å². The Morgan fingerprint density at radius 2 is 2.11 bits per heavy atom. The van der Waals surface area contributed by atoms with E-state index in [0.29, 0.717) is 23.7 Å². The van der Waals surface area contributed by atoms with Gasteiger partial charge in [-0.25, -0.2) is 4.79 Å². The number of rotatable bonds is 7. The molecule has 0 amide bonds. The van der Waals surface area contributed by atoms with Crippen molar-refractivity contribution in [2.45, 2.75) is 24.7 Å². The van der Waals surface area contributed by atoms with E-state index in [2.05, 4.69) is 35.5 Å². The summed E-state index contributed by atoms with van der Waals surface area (Å²) in [6.07, 6.45) is 2.13. The molecule has 5 heteroatoms. The molecule has 0 spiro atoms. The van der Waals surface area contributed by atoms with Crippen LogP contribution in [0.1, 0.15) is 30.1 Å². The summed E-state index contributed by atoms with van der Waals surface area (Å²) in [5.41, 5.74) is 0.468. The van der Waals surface area contributed by atoms with E-state index in [1.807, 2.05) is 0 Å². The number of halogens is 1. The highest BCUT2D eigenvalue weighted by atomic mass is 79.9. The minimum absolute atomic E-state index is 0.270. The zero-order chi connectivity index (χ0) is 13.4. The number of ether oxygens (including phenoxy) is 2. The van der Waals surface area contributed by atoms with Crippen LogP contribution in [0, 0.1) is 0 Å². The molecular formula is C13H17BrO3S. The van der Waals surface area contributed by atoms with Gasteiger partial charge in [0.25, 0.3) is 0 Å². The lowest BCUT2D eigenvalue weighted by Crippen LogP contribution is -2.11. The van der Waals surface area contributed by atoms with Crippen molar-refractivity contribution >= 4 is 34.5 Å². The maximum atomic E-state index is 11.7.